The Balaban J connectivity index is 2.07. The minimum Gasteiger partial charge on any atom is -0.494 e. The smallest absolute Gasteiger partial charge is 0.338 e. The Morgan fingerprint density at radius 3 is 2.80 bits per heavy atom. The lowest BCUT2D eigenvalue weighted by Crippen LogP contribution is -2.07. The van der Waals surface area contributed by atoms with E-state index < -0.39 is 5.97 Å². The average Bonchev–Trinajstić information content (AvgIpc) is 2.81. The van der Waals surface area contributed by atoms with Crippen LogP contribution in [0.3, 0.4) is 0 Å². The van der Waals surface area contributed by atoms with Crippen LogP contribution in [0, 0.1) is 6.92 Å². The van der Waals surface area contributed by atoms with Crippen molar-refractivity contribution in [2.24, 2.45) is 0 Å². The van der Waals surface area contributed by atoms with Crippen molar-refractivity contribution in [3.05, 3.63) is 35.2 Å². The van der Waals surface area contributed by atoms with Crippen LogP contribution < -0.4 is 10.5 Å². The molecule has 0 amide bonds. The number of aromatic nitrogens is 2. The molecule has 1 heterocycles. The number of anilines is 1. The maximum atomic E-state index is 11.9. The van der Waals surface area contributed by atoms with Gasteiger partial charge in [0.25, 0.3) is 0 Å². The van der Waals surface area contributed by atoms with E-state index in [-0.39, 0.29) is 6.61 Å². The number of nitrogens with two attached hydrogens (primary N) is 1. The van der Waals surface area contributed by atoms with Gasteiger partial charge in [-0.05, 0) is 26.0 Å². The molecule has 0 saturated heterocycles. The molecule has 1 aromatic heterocycles. The Hall–Kier alpha value is -2.57. The minimum atomic E-state index is -0.513. The largest absolute Gasteiger partial charge is 0.494 e. The van der Waals surface area contributed by atoms with Gasteiger partial charge in [0.2, 0.25) is 0 Å². The van der Waals surface area contributed by atoms with Crippen LogP contribution in [0.15, 0.2) is 22.8 Å². The molecule has 0 spiro atoms. The summed E-state index contributed by atoms with van der Waals surface area (Å²) in [5, 5.41) is 7.24. The lowest BCUT2D eigenvalue weighted by molar-refractivity contribution is 0.0463. The molecule has 0 atom stereocenters. The molecule has 0 radical (unpaired) electrons. The van der Waals surface area contributed by atoms with Crippen molar-refractivity contribution < 1.29 is 18.9 Å². The SMILES string of the molecule is CCOc1cc(N)cc(C(=O)OCc2nonc2C)c1. The summed E-state index contributed by atoms with van der Waals surface area (Å²) in [6.07, 6.45) is 0. The minimum absolute atomic E-state index is 0.00701. The number of nitrogens with zero attached hydrogens (tertiary/aromatic N) is 2. The number of carbonyl (C=O) groups excluding carboxylic acids is 1. The van der Waals surface area contributed by atoms with E-state index in [2.05, 4.69) is 14.9 Å². The third kappa shape index (κ3) is 3.25. The zero-order chi connectivity index (χ0) is 14.5. The first-order chi connectivity index (χ1) is 9.60. The van der Waals surface area contributed by atoms with Gasteiger partial charge in [0, 0.05) is 11.8 Å². The van der Waals surface area contributed by atoms with Gasteiger partial charge in [0.15, 0.2) is 0 Å². The van der Waals surface area contributed by atoms with Crippen molar-refractivity contribution in [3.8, 4) is 5.75 Å². The molecule has 106 valence electrons. The van der Waals surface area contributed by atoms with Crippen molar-refractivity contribution >= 4 is 11.7 Å². The number of hydrogen-bond donors (Lipinski definition) is 1. The Bertz CT molecular complexity index is 609. The molecule has 7 nitrogen and oxygen atoms in total. The van der Waals surface area contributed by atoms with Crippen LogP contribution in [0.25, 0.3) is 0 Å². The van der Waals surface area contributed by atoms with Crippen LogP contribution in [0.1, 0.15) is 28.7 Å². The van der Waals surface area contributed by atoms with Crippen LogP contribution in [-0.4, -0.2) is 22.9 Å². The van der Waals surface area contributed by atoms with E-state index in [4.69, 9.17) is 15.2 Å². The Labute approximate surface area is 115 Å². The van der Waals surface area contributed by atoms with Crippen LogP contribution in [-0.2, 0) is 11.3 Å². The molecule has 0 saturated carbocycles. The summed E-state index contributed by atoms with van der Waals surface area (Å²) < 4.78 is 15.0. The average molecular weight is 277 g/mol. The number of benzene rings is 1. The predicted molar refractivity (Wildman–Crippen MR) is 70.2 cm³/mol. The zero-order valence-corrected chi connectivity index (χ0v) is 11.3. The molecular weight excluding hydrogens is 262 g/mol. The maximum absolute atomic E-state index is 11.9. The quantitative estimate of drug-likeness (QED) is 0.655. The molecule has 2 N–H and O–H groups in total. The Kier molecular flexibility index (Phi) is 4.19. The third-order valence-corrected chi connectivity index (χ3v) is 2.56. The molecule has 2 rings (SSSR count). The van der Waals surface area contributed by atoms with Crippen molar-refractivity contribution in [1.82, 2.24) is 10.3 Å². The van der Waals surface area contributed by atoms with E-state index in [0.717, 1.165) is 0 Å². The normalized spacial score (nSPS) is 10.3. The van der Waals surface area contributed by atoms with E-state index >= 15 is 0 Å². The molecule has 0 fully saturated rings. The molecule has 0 aliphatic heterocycles. The van der Waals surface area contributed by atoms with Gasteiger partial charge >= 0.3 is 5.97 Å². The number of aryl methyl sites for hydroxylation is 1. The summed E-state index contributed by atoms with van der Waals surface area (Å²) in [6, 6.07) is 4.75. The number of hydrogen-bond acceptors (Lipinski definition) is 7. The van der Waals surface area contributed by atoms with Crippen molar-refractivity contribution in [3.63, 3.8) is 0 Å². The van der Waals surface area contributed by atoms with Crippen LogP contribution in [0.5, 0.6) is 5.75 Å². The molecule has 7 heteroatoms. The molecule has 1 aromatic carbocycles. The van der Waals surface area contributed by atoms with E-state index in [1.54, 1.807) is 19.1 Å². The highest BCUT2D eigenvalue weighted by Gasteiger charge is 2.13. The van der Waals surface area contributed by atoms with Crippen LogP contribution in [0.4, 0.5) is 5.69 Å². The van der Waals surface area contributed by atoms with Gasteiger partial charge in [-0.3, -0.25) is 0 Å². The Morgan fingerprint density at radius 2 is 2.15 bits per heavy atom. The molecule has 0 unspecified atom stereocenters. The number of ether oxygens (including phenoxy) is 2. The van der Waals surface area contributed by atoms with E-state index in [1.165, 1.54) is 6.07 Å². The molecule has 0 bridgehead atoms. The molecule has 0 aliphatic carbocycles. The third-order valence-electron chi connectivity index (χ3n) is 2.56. The second kappa shape index (κ2) is 6.05. The molecule has 2 aromatic rings. The van der Waals surface area contributed by atoms with Crippen LogP contribution >= 0.6 is 0 Å². The van der Waals surface area contributed by atoms with Gasteiger partial charge in [-0.1, -0.05) is 10.3 Å². The summed E-state index contributed by atoms with van der Waals surface area (Å²) in [4.78, 5) is 11.9. The van der Waals surface area contributed by atoms with Gasteiger partial charge in [0.05, 0.1) is 12.2 Å². The first-order valence-electron chi connectivity index (χ1n) is 6.08. The monoisotopic (exact) mass is 277 g/mol. The first kappa shape index (κ1) is 13.9. The number of nitrogen functional groups attached to an aromatic ring is 1. The highest BCUT2D eigenvalue weighted by atomic mass is 16.6. The number of rotatable bonds is 5. The standard InChI is InChI=1S/C13H15N3O4/c1-3-18-11-5-9(4-10(14)6-11)13(17)19-7-12-8(2)15-20-16-12/h4-6H,3,7,14H2,1-2H3. The van der Waals surface area contributed by atoms with Gasteiger partial charge in [-0.2, -0.15) is 0 Å². The van der Waals surface area contributed by atoms with Crippen molar-refractivity contribution in [2.45, 2.75) is 20.5 Å². The molecular formula is C13H15N3O4. The summed E-state index contributed by atoms with van der Waals surface area (Å²) in [7, 11) is 0. The van der Waals surface area contributed by atoms with Gasteiger partial charge < -0.3 is 15.2 Å². The topological polar surface area (TPSA) is 100 Å². The lowest BCUT2D eigenvalue weighted by atomic mass is 10.2. The van der Waals surface area contributed by atoms with Crippen LogP contribution in [0.2, 0.25) is 0 Å². The van der Waals surface area contributed by atoms with Gasteiger partial charge in [0.1, 0.15) is 23.7 Å². The zero-order valence-electron chi connectivity index (χ0n) is 11.3. The fraction of sp³-hybridized carbons (Fsp3) is 0.308. The van der Waals surface area contributed by atoms with Crippen molar-refractivity contribution in [2.75, 3.05) is 12.3 Å². The second-order valence-electron chi connectivity index (χ2n) is 4.10. The first-order valence-corrected chi connectivity index (χ1v) is 6.08. The van der Waals surface area contributed by atoms with E-state index in [0.29, 0.717) is 35.0 Å². The summed E-state index contributed by atoms with van der Waals surface area (Å²) in [5.41, 5.74) is 7.53. The fourth-order valence-corrected chi connectivity index (χ4v) is 1.59. The fourth-order valence-electron chi connectivity index (χ4n) is 1.59. The van der Waals surface area contributed by atoms with Gasteiger partial charge in [-0.15, -0.1) is 0 Å². The van der Waals surface area contributed by atoms with E-state index in [1.807, 2.05) is 6.92 Å². The lowest BCUT2D eigenvalue weighted by Gasteiger charge is -2.08. The highest BCUT2D eigenvalue weighted by molar-refractivity contribution is 5.91. The molecule has 0 aliphatic rings. The molecule has 20 heavy (non-hydrogen) atoms. The number of esters is 1. The summed E-state index contributed by atoms with van der Waals surface area (Å²) in [5.74, 6) is 0.0133. The maximum Gasteiger partial charge on any atom is 0.338 e. The van der Waals surface area contributed by atoms with Crippen molar-refractivity contribution in [1.29, 1.82) is 0 Å². The Morgan fingerprint density at radius 1 is 1.35 bits per heavy atom. The van der Waals surface area contributed by atoms with Gasteiger partial charge in [-0.25, -0.2) is 9.42 Å². The second-order valence-corrected chi connectivity index (χ2v) is 4.10. The highest BCUT2D eigenvalue weighted by Crippen LogP contribution is 2.20. The number of carbonyl (C=O) groups is 1. The summed E-state index contributed by atoms with van der Waals surface area (Å²) >= 11 is 0. The predicted octanol–water partition coefficient (Wildman–Crippen LogP) is 1.72. The van der Waals surface area contributed by atoms with E-state index in [9.17, 15) is 4.79 Å². The summed E-state index contributed by atoms with van der Waals surface area (Å²) in [6.45, 7) is 4.05.